The van der Waals surface area contributed by atoms with E-state index in [4.69, 9.17) is 4.99 Å². The van der Waals surface area contributed by atoms with E-state index in [1.807, 2.05) is 0 Å². The average molecular weight is 389 g/mol. The van der Waals surface area contributed by atoms with Crippen LogP contribution in [0.5, 0.6) is 0 Å². The van der Waals surface area contributed by atoms with Crippen LogP contribution in [0.1, 0.15) is 89.2 Å². The first-order valence-electron chi connectivity index (χ1n) is 11.8. The van der Waals surface area contributed by atoms with Crippen LogP contribution in [0.4, 0.5) is 0 Å². The first kappa shape index (κ1) is 21.1. The maximum atomic E-state index is 4.76. The van der Waals surface area contributed by atoms with Gasteiger partial charge in [-0.15, -0.1) is 10.2 Å². The van der Waals surface area contributed by atoms with Crippen LogP contribution in [0.2, 0.25) is 0 Å². The maximum absolute atomic E-state index is 4.76. The molecule has 3 rings (SSSR count). The van der Waals surface area contributed by atoms with Crippen LogP contribution >= 0.6 is 0 Å². The lowest BCUT2D eigenvalue weighted by molar-refractivity contribution is 0.332. The highest BCUT2D eigenvalue weighted by Gasteiger charge is 2.14. The molecule has 0 unspecified atom stereocenters. The summed E-state index contributed by atoms with van der Waals surface area (Å²) in [6.07, 6.45) is 16.7. The maximum Gasteiger partial charge on any atom is 0.191 e. The number of nitrogens with one attached hydrogen (secondary N) is 2. The van der Waals surface area contributed by atoms with Gasteiger partial charge in [-0.05, 0) is 44.9 Å². The minimum Gasteiger partial charge on any atom is -0.357 e. The molecular weight excluding hydrogens is 348 g/mol. The van der Waals surface area contributed by atoms with Crippen LogP contribution in [0.25, 0.3) is 0 Å². The molecule has 0 saturated heterocycles. The fraction of sp³-hybridized carbons (Fsp3) is 0.864. The molecule has 28 heavy (non-hydrogen) atoms. The molecule has 1 aromatic heterocycles. The lowest BCUT2D eigenvalue weighted by Crippen LogP contribution is -2.38. The zero-order valence-electron chi connectivity index (χ0n) is 17.9. The molecule has 0 aromatic carbocycles. The Morgan fingerprint density at radius 1 is 1.04 bits per heavy atom. The summed E-state index contributed by atoms with van der Waals surface area (Å²) in [4.78, 5) is 4.76. The van der Waals surface area contributed by atoms with E-state index in [1.54, 1.807) is 0 Å². The monoisotopic (exact) mass is 388 g/mol. The van der Waals surface area contributed by atoms with E-state index in [1.165, 1.54) is 70.0 Å². The van der Waals surface area contributed by atoms with Gasteiger partial charge in [0.05, 0.1) is 0 Å². The number of hydrogen-bond acceptors (Lipinski definition) is 3. The molecule has 0 amide bonds. The van der Waals surface area contributed by atoms with E-state index in [-0.39, 0.29) is 0 Å². The molecule has 0 radical (unpaired) electrons. The lowest BCUT2D eigenvalue weighted by Gasteiger charge is -2.21. The zero-order valence-corrected chi connectivity index (χ0v) is 17.9. The molecule has 0 spiro atoms. The first-order chi connectivity index (χ1) is 13.9. The molecule has 2 heterocycles. The summed E-state index contributed by atoms with van der Waals surface area (Å²) >= 11 is 0. The van der Waals surface area contributed by atoms with Crippen LogP contribution in [0.3, 0.4) is 0 Å². The molecule has 1 fully saturated rings. The average Bonchev–Trinajstić information content (AvgIpc) is 2.95. The first-order valence-corrected chi connectivity index (χ1v) is 11.8. The molecular formula is C22H40N6. The topological polar surface area (TPSA) is 67.1 Å². The predicted molar refractivity (Wildman–Crippen MR) is 116 cm³/mol. The largest absolute Gasteiger partial charge is 0.357 e. The van der Waals surface area contributed by atoms with Gasteiger partial charge in [-0.1, -0.05) is 38.5 Å². The van der Waals surface area contributed by atoms with Gasteiger partial charge < -0.3 is 15.2 Å². The second-order valence-electron chi connectivity index (χ2n) is 8.43. The Morgan fingerprint density at radius 3 is 2.75 bits per heavy atom. The molecule has 158 valence electrons. The predicted octanol–water partition coefficient (Wildman–Crippen LogP) is 3.85. The minimum atomic E-state index is 0.833. The molecule has 1 aromatic rings. The fourth-order valence-corrected chi connectivity index (χ4v) is 4.57. The molecule has 0 bridgehead atoms. The molecule has 1 aliphatic heterocycles. The van der Waals surface area contributed by atoms with Crippen molar-refractivity contribution in [2.75, 3.05) is 19.6 Å². The van der Waals surface area contributed by atoms with Gasteiger partial charge in [0.25, 0.3) is 0 Å². The van der Waals surface area contributed by atoms with Crippen molar-refractivity contribution < 1.29 is 0 Å². The van der Waals surface area contributed by atoms with Crippen LogP contribution in [-0.4, -0.2) is 40.4 Å². The van der Waals surface area contributed by atoms with Gasteiger partial charge in [-0.2, -0.15) is 0 Å². The Labute approximate surface area is 171 Å². The molecule has 2 N–H and O–H groups in total. The number of aromatic nitrogens is 3. The molecule has 6 heteroatoms. The van der Waals surface area contributed by atoms with E-state index in [2.05, 4.69) is 32.3 Å². The van der Waals surface area contributed by atoms with Crippen LogP contribution in [-0.2, 0) is 19.4 Å². The number of guanidine groups is 1. The van der Waals surface area contributed by atoms with Crippen LogP contribution in [0.15, 0.2) is 4.99 Å². The minimum absolute atomic E-state index is 0.833. The molecule has 1 saturated carbocycles. The Morgan fingerprint density at radius 2 is 1.89 bits per heavy atom. The van der Waals surface area contributed by atoms with E-state index in [9.17, 15) is 0 Å². The summed E-state index contributed by atoms with van der Waals surface area (Å²) in [5.41, 5.74) is 0. The Balaban J connectivity index is 1.36. The zero-order chi connectivity index (χ0) is 19.4. The SMILES string of the molecule is CCNC(=NCCCc1nnc2n1CCCCC2)NCCCC1CCCCC1. The second-order valence-corrected chi connectivity index (χ2v) is 8.43. The van der Waals surface area contributed by atoms with Crippen LogP contribution in [0, 0.1) is 5.92 Å². The standard InChI is InChI=1S/C22H40N6/c1-2-23-22(24-16-9-13-19-11-5-3-6-12-19)25-17-10-15-21-27-26-20-14-7-4-8-18-28(20)21/h19H,2-18H2,1H3,(H2,23,24,25). The Kier molecular flexibility index (Phi) is 9.11. The third kappa shape index (κ3) is 6.78. The number of aliphatic imine (C=N–C) groups is 1. The highest BCUT2D eigenvalue weighted by Crippen LogP contribution is 2.26. The molecule has 1 aliphatic carbocycles. The number of hydrogen-bond donors (Lipinski definition) is 2. The highest BCUT2D eigenvalue weighted by atomic mass is 15.3. The normalized spacial score (nSPS) is 18.5. The fourth-order valence-electron chi connectivity index (χ4n) is 4.57. The summed E-state index contributed by atoms with van der Waals surface area (Å²) in [7, 11) is 0. The van der Waals surface area contributed by atoms with Crippen molar-refractivity contribution in [2.24, 2.45) is 10.9 Å². The quantitative estimate of drug-likeness (QED) is 0.383. The lowest BCUT2D eigenvalue weighted by atomic mass is 9.86. The summed E-state index contributed by atoms with van der Waals surface area (Å²) < 4.78 is 2.35. The summed E-state index contributed by atoms with van der Waals surface area (Å²) in [6.45, 7) is 5.99. The summed E-state index contributed by atoms with van der Waals surface area (Å²) in [5.74, 6) is 4.26. The van der Waals surface area contributed by atoms with Gasteiger partial charge in [0.2, 0.25) is 0 Å². The van der Waals surface area contributed by atoms with E-state index >= 15 is 0 Å². The number of nitrogens with zero attached hydrogens (tertiary/aromatic N) is 4. The van der Waals surface area contributed by atoms with E-state index in [0.717, 1.165) is 63.1 Å². The smallest absolute Gasteiger partial charge is 0.191 e. The van der Waals surface area contributed by atoms with E-state index in [0.29, 0.717) is 0 Å². The third-order valence-corrected chi connectivity index (χ3v) is 6.17. The van der Waals surface area contributed by atoms with Crippen LogP contribution < -0.4 is 10.6 Å². The van der Waals surface area contributed by atoms with Gasteiger partial charge in [-0.25, -0.2) is 0 Å². The van der Waals surface area contributed by atoms with Gasteiger partial charge in [0, 0.05) is 39.0 Å². The third-order valence-electron chi connectivity index (χ3n) is 6.17. The highest BCUT2D eigenvalue weighted by molar-refractivity contribution is 5.79. The number of aryl methyl sites for hydroxylation is 2. The van der Waals surface area contributed by atoms with Gasteiger partial charge >= 0.3 is 0 Å². The second kappa shape index (κ2) is 12.1. The molecule has 2 aliphatic rings. The Bertz CT molecular complexity index is 588. The van der Waals surface area contributed by atoms with Gasteiger partial charge in [-0.3, -0.25) is 4.99 Å². The van der Waals surface area contributed by atoms with Crippen molar-refractivity contribution in [3.05, 3.63) is 11.6 Å². The van der Waals surface area contributed by atoms with E-state index < -0.39 is 0 Å². The van der Waals surface area contributed by atoms with Crippen molar-refractivity contribution >= 4 is 5.96 Å². The molecule has 0 atom stereocenters. The van der Waals surface area contributed by atoms with Crippen molar-refractivity contribution in [1.82, 2.24) is 25.4 Å². The summed E-state index contributed by atoms with van der Waals surface area (Å²) in [6, 6.07) is 0. The van der Waals surface area contributed by atoms with Crippen molar-refractivity contribution in [1.29, 1.82) is 0 Å². The molecule has 6 nitrogen and oxygen atoms in total. The van der Waals surface area contributed by atoms with Crippen molar-refractivity contribution in [3.63, 3.8) is 0 Å². The Hall–Kier alpha value is -1.59. The summed E-state index contributed by atoms with van der Waals surface area (Å²) in [5, 5.41) is 15.7. The number of fused-ring (bicyclic) bond motifs is 1. The van der Waals surface area contributed by atoms with Gasteiger partial charge in [0.1, 0.15) is 11.6 Å². The number of rotatable bonds is 9. The van der Waals surface area contributed by atoms with Gasteiger partial charge in [0.15, 0.2) is 5.96 Å². The van der Waals surface area contributed by atoms with Crippen molar-refractivity contribution in [2.45, 2.75) is 96.9 Å². The van der Waals surface area contributed by atoms with Crippen molar-refractivity contribution in [3.8, 4) is 0 Å².